The Morgan fingerprint density at radius 1 is 0.968 bits per heavy atom. The highest BCUT2D eigenvalue weighted by molar-refractivity contribution is 6.03. The number of piperazine rings is 1. The van der Waals surface area contributed by atoms with Gasteiger partial charge in [0.15, 0.2) is 0 Å². The van der Waals surface area contributed by atoms with Crippen molar-refractivity contribution in [3.63, 3.8) is 0 Å². The molecule has 168 valence electrons. The molecule has 1 aromatic rings. The molecule has 1 aromatic carbocycles. The Morgan fingerprint density at radius 3 is 2.35 bits per heavy atom. The van der Waals surface area contributed by atoms with Crippen LogP contribution in [0, 0.1) is 16.7 Å². The molecule has 5 heteroatoms. The normalized spacial score (nSPS) is 29.3. The summed E-state index contributed by atoms with van der Waals surface area (Å²) in [6, 6.07) is 10.4. The Morgan fingerprint density at radius 2 is 1.65 bits per heavy atom. The minimum atomic E-state index is -0.384. The van der Waals surface area contributed by atoms with Gasteiger partial charge in [0.1, 0.15) is 0 Å². The van der Waals surface area contributed by atoms with Gasteiger partial charge in [-0.05, 0) is 36.8 Å². The molecule has 2 amide bonds. The lowest BCUT2D eigenvalue weighted by Gasteiger charge is -2.47. The van der Waals surface area contributed by atoms with Gasteiger partial charge in [-0.1, -0.05) is 63.3 Å². The summed E-state index contributed by atoms with van der Waals surface area (Å²) in [5.74, 6) is 0.133. The summed E-state index contributed by atoms with van der Waals surface area (Å²) in [6.45, 7) is 13.0. The maximum absolute atomic E-state index is 13.1. The maximum atomic E-state index is 13.1. The highest BCUT2D eigenvalue weighted by atomic mass is 16.2. The van der Waals surface area contributed by atoms with Gasteiger partial charge >= 0.3 is 0 Å². The van der Waals surface area contributed by atoms with Crippen LogP contribution >= 0.6 is 0 Å². The number of rotatable bonds is 7. The van der Waals surface area contributed by atoms with Crippen molar-refractivity contribution in [1.29, 1.82) is 0 Å². The highest BCUT2D eigenvalue weighted by Gasteiger charge is 2.64. The van der Waals surface area contributed by atoms with Crippen molar-refractivity contribution in [2.24, 2.45) is 16.7 Å². The van der Waals surface area contributed by atoms with Crippen LogP contribution in [0.15, 0.2) is 36.4 Å². The lowest BCUT2D eigenvalue weighted by atomic mass is 9.62. The van der Waals surface area contributed by atoms with Crippen LogP contribution < -0.4 is 0 Å². The van der Waals surface area contributed by atoms with E-state index in [9.17, 15) is 9.59 Å². The smallest absolute Gasteiger partial charge is 0.235 e. The van der Waals surface area contributed by atoms with Gasteiger partial charge in [-0.2, -0.15) is 0 Å². The van der Waals surface area contributed by atoms with Gasteiger partial charge in [-0.15, -0.1) is 0 Å². The van der Waals surface area contributed by atoms with Gasteiger partial charge in [-0.25, -0.2) is 0 Å². The Hall–Kier alpha value is -1.98. The van der Waals surface area contributed by atoms with Crippen LogP contribution in [0.5, 0.6) is 0 Å². The standard InChI is InChI=1S/C26H37N3O2/c1-25(2)22-12-13-26(25,3)24(31)29(23(22)30)16-8-15-28-19-17-27(18-20-28)14-7-11-21-9-5-4-6-10-21/h4-7,9-11,22H,8,12-20H2,1-3H3/b11-7+/t22-,26+/m1/s1. The minimum absolute atomic E-state index is 0.00249. The summed E-state index contributed by atoms with van der Waals surface area (Å²) in [5.41, 5.74) is 0.640. The number of nitrogens with zero attached hydrogens (tertiary/aromatic N) is 3. The van der Waals surface area contributed by atoms with Crippen LogP contribution in [-0.4, -0.2) is 72.3 Å². The molecule has 4 rings (SSSR count). The summed E-state index contributed by atoms with van der Waals surface area (Å²) in [5, 5.41) is 0. The van der Waals surface area contributed by atoms with Gasteiger partial charge < -0.3 is 4.90 Å². The van der Waals surface area contributed by atoms with Crippen molar-refractivity contribution in [2.75, 3.05) is 45.8 Å². The van der Waals surface area contributed by atoms with E-state index in [-0.39, 0.29) is 28.6 Å². The van der Waals surface area contributed by atoms with Crippen LogP contribution in [0.1, 0.15) is 45.6 Å². The fourth-order valence-corrected chi connectivity index (χ4v) is 5.66. The van der Waals surface area contributed by atoms with Gasteiger partial charge in [0.05, 0.1) is 5.41 Å². The molecule has 0 unspecified atom stereocenters. The van der Waals surface area contributed by atoms with Gasteiger partial charge in [-0.3, -0.25) is 19.4 Å². The van der Waals surface area contributed by atoms with Crippen molar-refractivity contribution >= 4 is 17.9 Å². The molecule has 31 heavy (non-hydrogen) atoms. The number of carbonyl (C=O) groups excluding carboxylic acids is 2. The van der Waals surface area contributed by atoms with E-state index < -0.39 is 0 Å². The Kier molecular flexibility index (Phi) is 6.36. The number of carbonyl (C=O) groups is 2. The number of amides is 2. The highest BCUT2D eigenvalue weighted by Crippen LogP contribution is 2.60. The first-order valence-electron chi connectivity index (χ1n) is 11.8. The lowest BCUT2D eigenvalue weighted by Crippen LogP contribution is -2.59. The second kappa shape index (κ2) is 8.87. The zero-order valence-corrected chi connectivity index (χ0v) is 19.3. The van der Waals surface area contributed by atoms with Crippen molar-refractivity contribution < 1.29 is 9.59 Å². The predicted molar refractivity (Wildman–Crippen MR) is 124 cm³/mol. The van der Waals surface area contributed by atoms with E-state index >= 15 is 0 Å². The van der Waals surface area contributed by atoms with Crippen LogP contribution in [0.4, 0.5) is 0 Å². The van der Waals surface area contributed by atoms with Crippen LogP contribution in [0.25, 0.3) is 6.08 Å². The average Bonchev–Trinajstić information content (AvgIpc) is 2.96. The fourth-order valence-electron chi connectivity index (χ4n) is 5.66. The predicted octanol–water partition coefficient (Wildman–Crippen LogP) is 3.52. The van der Waals surface area contributed by atoms with Crippen LogP contribution in [-0.2, 0) is 9.59 Å². The van der Waals surface area contributed by atoms with E-state index in [2.05, 4.69) is 67.0 Å². The summed E-state index contributed by atoms with van der Waals surface area (Å²) < 4.78 is 0. The zero-order valence-electron chi connectivity index (χ0n) is 19.3. The first-order chi connectivity index (χ1) is 14.8. The number of piperidine rings is 1. The van der Waals surface area contributed by atoms with Crippen molar-refractivity contribution in [3.8, 4) is 0 Å². The molecule has 3 aliphatic rings. The zero-order chi connectivity index (χ0) is 22.1. The Bertz CT molecular complexity index is 826. The summed E-state index contributed by atoms with van der Waals surface area (Å²) >= 11 is 0. The topological polar surface area (TPSA) is 43.9 Å². The molecule has 2 aliphatic heterocycles. The lowest BCUT2D eigenvalue weighted by molar-refractivity contribution is -0.167. The monoisotopic (exact) mass is 423 g/mol. The van der Waals surface area contributed by atoms with Crippen molar-refractivity contribution in [1.82, 2.24) is 14.7 Å². The molecule has 0 spiro atoms. The number of fused-ring (bicyclic) bond motifs is 2. The third-order valence-electron chi connectivity index (χ3n) is 8.30. The molecular weight excluding hydrogens is 386 g/mol. The minimum Gasteiger partial charge on any atom is -0.301 e. The molecule has 2 bridgehead atoms. The Balaban J connectivity index is 1.20. The molecule has 1 aliphatic carbocycles. The second-order valence-corrected chi connectivity index (χ2v) is 10.2. The first kappa shape index (κ1) is 22.2. The third-order valence-corrected chi connectivity index (χ3v) is 8.30. The molecule has 2 saturated heterocycles. The van der Waals surface area contributed by atoms with Crippen molar-refractivity contribution in [2.45, 2.75) is 40.0 Å². The largest absolute Gasteiger partial charge is 0.301 e. The van der Waals surface area contributed by atoms with Crippen LogP contribution in [0.3, 0.4) is 0 Å². The van der Waals surface area contributed by atoms with E-state index in [4.69, 9.17) is 0 Å². The van der Waals surface area contributed by atoms with E-state index in [0.717, 1.165) is 58.5 Å². The van der Waals surface area contributed by atoms with Gasteiger partial charge in [0.2, 0.25) is 11.8 Å². The quantitative estimate of drug-likeness (QED) is 0.630. The summed E-state index contributed by atoms with van der Waals surface area (Å²) in [6.07, 6.45) is 7.00. The molecule has 3 fully saturated rings. The van der Waals surface area contributed by atoms with E-state index in [1.54, 1.807) is 4.90 Å². The number of benzene rings is 1. The molecular formula is C26H37N3O2. The molecule has 5 nitrogen and oxygen atoms in total. The molecule has 2 atom stereocenters. The van der Waals surface area contributed by atoms with E-state index in [0.29, 0.717) is 6.54 Å². The van der Waals surface area contributed by atoms with Crippen LogP contribution in [0.2, 0.25) is 0 Å². The number of hydrogen-bond donors (Lipinski definition) is 0. The summed E-state index contributed by atoms with van der Waals surface area (Å²) in [7, 11) is 0. The molecule has 0 radical (unpaired) electrons. The second-order valence-electron chi connectivity index (χ2n) is 10.2. The molecule has 0 aromatic heterocycles. The SMILES string of the molecule is CC1(C)[C@@H]2CC[C@@]1(C)C(=O)N(CCCN1CCN(C/C=C/c3ccccc3)CC1)C2=O. The molecule has 1 saturated carbocycles. The first-order valence-corrected chi connectivity index (χ1v) is 11.8. The van der Waals surface area contributed by atoms with Gasteiger partial charge in [0, 0.05) is 45.2 Å². The Labute approximate surface area is 187 Å². The van der Waals surface area contributed by atoms with E-state index in [1.807, 2.05) is 6.07 Å². The molecule has 0 N–H and O–H groups in total. The van der Waals surface area contributed by atoms with Crippen molar-refractivity contribution in [3.05, 3.63) is 42.0 Å². The third kappa shape index (κ3) is 4.22. The maximum Gasteiger partial charge on any atom is 0.235 e. The fraction of sp³-hybridized carbons (Fsp3) is 0.615. The number of hydrogen-bond acceptors (Lipinski definition) is 4. The summed E-state index contributed by atoms with van der Waals surface area (Å²) in [4.78, 5) is 32.6. The molecule has 2 heterocycles. The average molecular weight is 424 g/mol. The number of imide groups is 1. The number of likely N-dealkylation sites (tertiary alicyclic amines) is 1. The van der Waals surface area contributed by atoms with Gasteiger partial charge in [0.25, 0.3) is 0 Å². The van der Waals surface area contributed by atoms with E-state index in [1.165, 1.54) is 5.56 Å².